The summed E-state index contributed by atoms with van der Waals surface area (Å²) in [6, 6.07) is 3.49. The van der Waals surface area contributed by atoms with E-state index in [2.05, 4.69) is 10.0 Å². The molecule has 1 amide bonds. The van der Waals surface area contributed by atoms with E-state index in [0.29, 0.717) is 0 Å². The zero-order chi connectivity index (χ0) is 15.3. The minimum absolute atomic E-state index is 0.0249. The topological polar surface area (TPSA) is 119 Å². The van der Waals surface area contributed by atoms with Gasteiger partial charge in [-0.15, -0.1) is 0 Å². The van der Waals surface area contributed by atoms with Crippen LogP contribution in [0.5, 0.6) is 11.5 Å². The molecule has 0 aliphatic heterocycles. The Hall–Kier alpha value is -1.84. The zero-order valence-corrected chi connectivity index (χ0v) is 11.9. The molecule has 8 nitrogen and oxygen atoms in total. The van der Waals surface area contributed by atoms with Gasteiger partial charge >= 0.3 is 0 Å². The summed E-state index contributed by atoms with van der Waals surface area (Å²) in [5.74, 6) is -0.993. The predicted octanol–water partition coefficient (Wildman–Crippen LogP) is -0.776. The number of benzene rings is 1. The molecular formula is C11H17N3O5S. The van der Waals surface area contributed by atoms with E-state index in [1.54, 1.807) is 0 Å². The highest BCUT2D eigenvalue weighted by molar-refractivity contribution is 7.87. The molecule has 4 N–H and O–H groups in total. The fourth-order valence-electron chi connectivity index (χ4n) is 1.31. The maximum absolute atomic E-state index is 11.7. The summed E-state index contributed by atoms with van der Waals surface area (Å²) in [5, 5.41) is 20.9. The van der Waals surface area contributed by atoms with Crippen LogP contribution in [0.25, 0.3) is 0 Å². The van der Waals surface area contributed by atoms with Gasteiger partial charge in [0.1, 0.15) is 11.5 Å². The Morgan fingerprint density at radius 2 is 1.70 bits per heavy atom. The van der Waals surface area contributed by atoms with E-state index in [4.69, 9.17) is 0 Å². The number of amides is 1. The lowest BCUT2D eigenvalue weighted by Crippen LogP contribution is -2.40. The second kappa shape index (κ2) is 6.55. The first-order valence-corrected chi connectivity index (χ1v) is 7.15. The molecule has 0 saturated heterocycles. The van der Waals surface area contributed by atoms with Crippen LogP contribution in [-0.2, 0) is 10.2 Å². The predicted molar refractivity (Wildman–Crippen MR) is 72.7 cm³/mol. The van der Waals surface area contributed by atoms with Crippen LogP contribution in [0.3, 0.4) is 0 Å². The number of phenols is 2. The van der Waals surface area contributed by atoms with E-state index < -0.39 is 16.1 Å². The molecule has 112 valence electrons. The maximum Gasteiger partial charge on any atom is 0.278 e. The number of nitrogens with one attached hydrogen (secondary N) is 2. The Labute approximate surface area is 117 Å². The van der Waals surface area contributed by atoms with Crippen molar-refractivity contribution in [3.05, 3.63) is 23.8 Å². The number of phenolic OH excluding ortho intramolecular Hbond substituents is 2. The Morgan fingerprint density at radius 3 is 2.20 bits per heavy atom. The van der Waals surface area contributed by atoms with Crippen molar-refractivity contribution in [2.75, 3.05) is 27.2 Å². The highest BCUT2D eigenvalue weighted by Gasteiger charge is 2.12. The van der Waals surface area contributed by atoms with Crippen LogP contribution in [0, 0.1) is 0 Å². The van der Waals surface area contributed by atoms with Crippen LogP contribution in [0.15, 0.2) is 18.2 Å². The largest absolute Gasteiger partial charge is 0.508 e. The van der Waals surface area contributed by atoms with Crippen LogP contribution in [0.1, 0.15) is 10.4 Å². The van der Waals surface area contributed by atoms with Gasteiger partial charge in [-0.1, -0.05) is 0 Å². The lowest BCUT2D eigenvalue weighted by atomic mass is 10.2. The molecule has 0 saturated carbocycles. The summed E-state index contributed by atoms with van der Waals surface area (Å²) in [5.41, 5.74) is 0.0815. The molecule has 0 atom stereocenters. The van der Waals surface area contributed by atoms with Crippen LogP contribution in [0.2, 0.25) is 0 Å². The van der Waals surface area contributed by atoms with E-state index in [9.17, 15) is 23.4 Å². The number of rotatable bonds is 6. The molecule has 20 heavy (non-hydrogen) atoms. The lowest BCUT2D eigenvalue weighted by Gasteiger charge is -2.12. The maximum atomic E-state index is 11.7. The molecule has 0 aromatic heterocycles. The standard InChI is InChI=1S/C11H17N3O5S/c1-14(2)20(18,19)13-4-3-12-11(17)8-5-9(15)7-10(16)6-8/h5-7,13,15-16H,3-4H2,1-2H3,(H,12,17). The third-order valence-electron chi connectivity index (χ3n) is 2.34. The van der Waals surface area contributed by atoms with Gasteiger partial charge in [0.15, 0.2) is 0 Å². The summed E-state index contributed by atoms with van der Waals surface area (Å²) in [6.45, 7) is 0.0966. The van der Waals surface area contributed by atoms with Gasteiger partial charge in [0.25, 0.3) is 16.1 Å². The molecule has 9 heteroatoms. The van der Waals surface area contributed by atoms with Crippen LogP contribution in [0.4, 0.5) is 0 Å². The lowest BCUT2D eigenvalue weighted by molar-refractivity contribution is 0.0953. The average Bonchev–Trinajstić information content (AvgIpc) is 2.33. The van der Waals surface area contributed by atoms with E-state index >= 15 is 0 Å². The van der Waals surface area contributed by atoms with Crippen molar-refractivity contribution < 1.29 is 23.4 Å². The number of aromatic hydroxyl groups is 2. The van der Waals surface area contributed by atoms with Crippen molar-refractivity contribution in [3.63, 3.8) is 0 Å². The SMILES string of the molecule is CN(C)S(=O)(=O)NCCNC(=O)c1cc(O)cc(O)c1. The first kappa shape index (κ1) is 16.2. The fraction of sp³-hybridized carbons (Fsp3) is 0.364. The van der Waals surface area contributed by atoms with Gasteiger partial charge in [-0.05, 0) is 12.1 Å². The molecule has 0 fully saturated rings. The van der Waals surface area contributed by atoms with E-state index in [1.165, 1.54) is 26.2 Å². The van der Waals surface area contributed by atoms with Crippen molar-refractivity contribution in [2.24, 2.45) is 0 Å². The monoisotopic (exact) mass is 303 g/mol. The minimum Gasteiger partial charge on any atom is -0.508 e. The van der Waals surface area contributed by atoms with Gasteiger partial charge in [0.2, 0.25) is 0 Å². The second-order valence-corrected chi connectivity index (χ2v) is 6.14. The third kappa shape index (κ3) is 4.68. The fourth-order valence-corrected chi connectivity index (χ4v) is 1.93. The quantitative estimate of drug-likeness (QED) is 0.514. The Balaban J connectivity index is 2.48. The molecule has 0 unspecified atom stereocenters. The van der Waals surface area contributed by atoms with Gasteiger partial charge in [-0.3, -0.25) is 4.79 Å². The molecule has 0 radical (unpaired) electrons. The number of nitrogens with zero attached hydrogens (tertiary/aromatic N) is 1. The first-order valence-electron chi connectivity index (χ1n) is 5.70. The molecule has 0 aliphatic rings. The second-order valence-electron chi connectivity index (χ2n) is 4.18. The van der Waals surface area contributed by atoms with Gasteiger partial charge in [-0.2, -0.15) is 12.7 Å². The summed E-state index contributed by atoms with van der Waals surface area (Å²) < 4.78 is 26.0. The Morgan fingerprint density at radius 1 is 1.15 bits per heavy atom. The van der Waals surface area contributed by atoms with Gasteiger partial charge in [0.05, 0.1) is 0 Å². The van der Waals surface area contributed by atoms with Crippen molar-refractivity contribution in [1.29, 1.82) is 0 Å². The zero-order valence-electron chi connectivity index (χ0n) is 11.1. The first-order chi connectivity index (χ1) is 9.22. The van der Waals surface area contributed by atoms with Crippen molar-refractivity contribution in [1.82, 2.24) is 14.3 Å². The molecule has 0 bridgehead atoms. The van der Waals surface area contributed by atoms with Crippen molar-refractivity contribution >= 4 is 16.1 Å². The summed E-state index contributed by atoms with van der Waals surface area (Å²) in [4.78, 5) is 11.7. The summed E-state index contributed by atoms with van der Waals surface area (Å²) in [7, 11) is -0.751. The summed E-state index contributed by atoms with van der Waals surface area (Å²) >= 11 is 0. The number of carbonyl (C=O) groups excluding carboxylic acids is 1. The van der Waals surface area contributed by atoms with Crippen molar-refractivity contribution in [3.8, 4) is 11.5 Å². The molecule has 0 spiro atoms. The average molecular weight is 303 g/mol. The van der Waals surface area contributed by atoms with Crippen molar-refractivity contribution in [2.45, 2.75) is 0 Å². The Kier molecular flexibility index (Phi) is 5.31. The summed E-state index contributed by atoms with van der Waals surface area (Å²) in [6.07, 6.45) is 0. The van der Waals surface area contributed by atoms with E-state index in [-0.39, 0.29) is 30.2 Å². The van der Waals surface area contributed by atoms with Crippen LogP contribution >= 0.6 is 0 Å². The number of carbonyl (C=O) groups is 1. The van der Waals surface area contributed by atoms with E-state index in [0.717, 1.165) is 10.4 Å². The molecule has 0 aliphatic carbocycles. The molecule has 1 aromatic carbocycles. The van der Waals surface area contributed by atoms with E-state index in [1.807, 2.05) is 0 Å². The van der Waals surface area contributed by atoms with Gasteiger partial charge in [0, 0.05) is 38.8 Å². The number of hydrogen-bond acceptors (Lipinski definition) is 5. The molecular weight excluding hydrogens is 286 g/mol. The van der Waals surface area contributed by atoms with Crippen LogP contribution < -0.4 is 10.0 Å². The molecule has 1 rings (SSSR count). The Bertz CT molecular complexity index is 565. The highest BCUT2D eigenvalue weighted by atomic mass is 32.2. The highest BCUT2D eigenvalue weighted by Crippen LogP contribution is 2.20. The normalized spacial score (nSPS) is 11.6. The van der Waals surface area contributed by atoms with Gasteiger partial charge < -0.3 is 15.5 Å². The molecule has 0 heterocycles. The third-order valence-corrected chi connectivity index (χ3v) is 3.87. The van der Waals surface area contributed by atoms with Crippen LogP contribution in [-0.4, -0.2) is 56.0 Å². The smallest absolute Gasteiger partial charge is 0.278 e. The van der Waals surface area contributed by atoms with Gasteiger partial charge in [-0.25, -0.2) is 4.72 Å². The molecule has 1 aromatic rings. The number of hydrogen-bond donors (Lipinski definition) is 4. The minimum atomic E-state index is -3.52.